The predicted octanol–water partition coefficient (Wildman–Crippen LogP) is -0.0643. The smallest absolute Gasteiger partial charge is 0.239 e. The highest BCUT2D eigenvalue weighted by Gasteiger charge is 2.20. The van der Waals surface area contributed by atoms with Gasteiger partial charge >= 0.3 is 0 Å². The van der Waals surface area contributed by atoms with Gasteiger partial charge in [0.2, 0.25) is 5.91 Å². The first-order chi connectivity index (χ1) is 6.75. The number of amides is 1. The third-order valence-electron chi connectivity index (χ3n) is 2.57. The molecule has 0 aromatic heterocycles. The van der Waals surface area contributed by atoms with E-state index in [2.05, 4.69) is 12.2 Å². The zero-order chi connectivity index (χ0) is 10.4. The number of hydrogen-bond acceptors (Lipinski definition) is 3. The molecule has 1 heterocycles. The molecular formula is C10H21N3O. The van der Waals surface area contributed by atoms with Crippen molar-refractivity contribution >= 4 is 5.91 Å². The van der Waals surface area contributed by atoms with E-state index in [0.29, 0.717) is 0 Å². The Balaban J connectivity index is 2.40. The SMILES string of the molecule is CCCC(N)C(=O)N1CCCNCC1. The summed E-state index contributed by atoms with van der Waals surface area (Å²) in [6.07, 6.45) is 2.80. The second-order valence-corrected chi connectivity index (χ2v) is 3.82. The van der Waals surface area contributed by atoms with Gasteiger partial charge in [0.05, 0.1) is 6.04 Å². The van der Waals surface area contributed by atoms with Crippen LogP contribution in [-0.4, -0.2) is 43.0 Å². The van der Waals surface area contributed by atoms with Gasteiger partial charge in [0, 0.05) is 19.6 Å². The number of nitrogens with one attached hydrogen (secondary N) is 1. The van der Waals surface area contributed by atoms with Gasteiger partial charge in [-0.1, -0.05) is 13.3 Å². The van der Waals surface area contributed by atoms with Gasteiger partial charge in [-0.25, -0.2) is 0 Å². The van der Waals surface area contributed by atoms with Gasteiger partial charge in [0.25, 0.3) is 0 Å². The molecule has 1 saturated heterocycles. The Kier molecular flexibility index (Phi) is 4.90. The van der Waals surface area contributed by atoms with Gasteiger partial charge in [-0.3, -0.25) is 4.79 Å². The summed E-state index contributed by atoms with van der Waals surface area (Å²) in [5.41, 5.74) is 5.80. The quantitative estimate of drug-likeness (QED) is 0.669. The van der Waals surface area contributed by atoms with E-state index in [9.17, 15) is 4.79 Å². The first kappa shape index (κ1) is 11.5. The van der Waals surface area contributed by atoms with Gasteiger partial charge in [0.15, 0.2) is 0 Å². The minimum atomic E-state index is -0.293. The van der Waals surface area contributed by atoms with Crippen LogP contribution in [0.5, 0.6) is 0 Å². The number of carbonyl (C=O) groups excluding carboxylic acids is 1. The molecule has 1 fully saturated rings. The fourth-order valence-corrected chi connectivity index (χ4v) is 1.74. The van der Waals surface area contributed by atoms with E-state index in [-0.39, 0.29) is 11.9 Å². The van der Waals surface area contributed by atoms with Crippen LogP contribution in [0.25, 0.3) is 0 Å². The highest BCUT2D eigenvalue weighted by atomic mass is 16.2. The molecule has 0 aromatic carbocycles. The van der Waals surface area contributed by atoms with Gasteiger partial charge in [-0.15, -0.1) is 0 Å². The Morgan fingerprint density at radius 3 is 3.00 bits per heavy atom. The number of nitrogens with zero attached hydrogens (tertiary/aromatic N) is 1. The highest BCUT2D eigenvalue weighted by molar-refractivity contribution is 5.81. The Hall–Kier alpha value is -0.610. The van der Waals surface area contributed by atoms with Crippen LogP contribution >= 0.6 is 0 Å². The fraction of sp³-hybridized carbons (Fsp3) is 0.900. The van der Waals surface area contributed by atoms with Crippen LogP contribution in [0.4, 0.5) is 0 Å². The molecule has 0 aromatic rings. The molecule has 4 heteroatoms. The third-order valence-corrected chi connectivity index (χ3v) is 2.57. The van der Waals surface area contributed by atoms with E-state index in [1.165, 1.54) is 0 Å². The number of rotatable bonds is 3. The summed E-state index contributed by atoms with van der Waals surface area (Å²) in [6.45, 7) is 5.61. The molecule has 14 heavy (non-hydrogen) atoms. The average molecular weight is 199 g/mol. The number of carbonyl (C=O) groups is 1. The Morgan fingerprint density at radius 2 is 2.29 bits per heavy atom. The molecule has 82 valence electrons. The van der Waals surface area contributed by atoms with Crippen molar-refractivity contribution in [3.05, 3.63) is 0 Å². The van der Waals surface area contributed by atoms with E-state index >= 15 is 0 Å². The van der Waals surface area contributed by atoms with Crippen LogP contribution in [-0.2, 0) is 4.79 Å². The zero-order valence-corrected chi connectivity index (χ0v) is 8.96. The summed E-state index contributed by atoms with van der Waals surface area (Å²) in [4.78, 5) is 13.7. The van der Waals surface area contributed by atoms with Crippen LogP contribution in [0.1, 0.15) is 26.2 Å². The van der Waals surface area contributed by atoms with E-state index in [1.807, 2.05) is 4.90 Å². The lowest BCUT2D eigenvalue weighted by Gasteiger charge is -2.23. The maximum absolute atomic E-state index is 11.8. The molecule has 1 aliphatic heterocycles. The summed E-state index contributed by atoms with van der Waals surface area (Å²) in [7, 11) is 0. The van der Waals surface area contributed by atoms with Crippen molar-refractivity contribution in [1.29, 1.82) is 0 Å². The molecule has 1 amide bonds. The first-order valence-corrected chi connectivity index (χ1v) is 5.50. The van der Waals surface area contributed by atoms with Crippen LogP contribution in [0.3, 0.4) is 0 Å². The van der Waals surface area contributed by atoms with Gasteiger partial charge in [-0.2, -0.15) is 0 Å². The maximum Gasteiger partial charge on any atom is 0.239 e. The molecule has 1 rings (SSSR count). The molecule has 1 unspecified atom stereocenters. The summed E-state index contributed by atoms with van der Waals surface area (Å²) >= 11 is 0. The van der Waals surface area contributed by atoms with E-state index in [4.69, 9.17) is 5.73 Å². The average Bonchev–Trinajstić information content (AvgIpc) is 2.45. The van der Waals surface area contributed by atoms with Crippen molar-refractivity contribution in [2.45, 2.75) is 32.2 Å². The highest BCUT2D eigenvalue weighted by Crippen LogP contribution is 2.02. The molecular weight excluding hydrogens is 178 g/mol. The van der Waals surface area contributed by atoms with Crippen molar-refractivity contribution in [2.75, 3.05) is 26.2 Å². The predicted molar refractivity (Wildman–Crippen MR) is 57.0 cm³/mol. The second kappa shape index (κ2) is 5.98. The molecule has 0 bridgehead atoms. The largest absolute Gasteiger partial charge is 0.340 e. The number of nitrogens with two attached hydrogens (primary N) is 1. The standard InChI is InChI=1S/C10H21N3O/c1-2-4-9(11)10(14)13-7-3-5-12-6-8-13/h9,12H,2-8,11H2,1H3. The molecule has 0 aliphatic carbocycles. The van der Waals surface area contributed by atoms with E-state index in [1.54, 1.807) is 0 Å². The maximum atomic E-state index is 11.8. The van der Waals surface area contributed by atoms with Crippen molar-refractivity contribution < 1.29 is 4.79 Å². The molecule has 1 atom stereocenters. The van der Waals surface area contributed by atoms with E-state index < -0.39 is 0 Å². The zero-order valence-electron chi connectivity index (χ0n) is 8.96. The van der Waals surface area contributed by atoms with Crippen LogP contribution in [0, 0.1) is 0 Å². The van der Waals surface area contributed by atoms with E-state index in [0.717, 1.165) is 45.4 Å². The molecule has 1 aliphatic rings. The lowest BCUT2D eigenvalue weighted by atomic mass is 10.1. The van der Waals surface area contributed by atoms with Crippen molar-refractivity contribution in [2.24, 2.45) is 5.73 Å². The molecule has 4 nitrogen and oxygen atoms in total. The molecule has 0 saturated carbocycles. The minimum absolute atomic E-state index is 0.121. The molecule has 0 spiro atoms. The molecule has 3 N–H and O–H groups in total. The normalized spacial score (nSPS) is 20.3. The Labute approximate surface area is 85.8 Å². The second-order valence-electron chi connectivity index (χ2n) is 3.82. The van der Waals surface area contributed by atoms with Gasteiger partial charge in [-0.05, 0) is 19.4 Å². The van der Waals surface area contributed by atoms with Crippen LogP contribution < -0.4 is 11.1 Å². The summed E-state index contributed by atoms with van der Waals surface area (Å²) in [5, 5.41) is 3.27. The Morgan fingerprint density at radius 1 is 1.50 bits per heavy atom. The summed E-state index contributed by atoms with van der Waals surface area (Å²) < 4.78 is 0. The lowest BCUT2D eigenvalue weighted by Crippen LogP contribution is -2.45. The third kappa shape index (κ3) is 3.27. The monoisotopic (exact) mass is 199 g/mol. The van der Waals surface area contributed by atoms with Crippen LogP contribution in [0.2, 0.25) is 0 Å². The lowest BCUT2D eigenvalue weighted by molar-refractivity contribution is -0.132. The number of hydrogen-bond donors (Lipinski definition) is 2. The topological polar surface area (TPSA) is 58.4 Å². The van der Waals surface area contributed by atoms with Crippen molar-refractivity contribution in [3.63, 3.8) is 0 Å². The fourth-order valence-electron chi connectivity index (χ4n) is 1.74. The van der Waals surface area contributed by atoms with Gasteiger partial charge < -0.3 is 16.0 Å². The minimum Gasteiger partial charge on any atom is -0.340 e. The van der Waals surface area contributed by atoms with Gasteiger partial charge in [0.1, 0.15) is 0 Å². The van der Waals surface area contributed by atoms with Crippen LogP contribution in [0.15, 0.2) is 0 Å². The molecule has 0 radical (unpaired) electrons. The van der Waals surface area contributed by atoms with Crippen molar-refractivity contribution in [1.82, 2.24) is 10.2 Å². The van der Waals surface area contributed by atoms with Crippen molar-refractivity contribution in [3.8, 4) is 0 Å². The summed E-state index contributed by atoms with van der Waals surface area (Å²) in [6, 6.07) is -0.293. The Bertz CT molecular complexity index is 176. The first-order valence-electron chi connectivity index (χ1n) is 5.50. The summed E-state index contributed by atoms with van der Waals surface area (Å²) in [5.74, 6) is 0.121.